The summed E-state index contributed by atoms with van der Waals surface area (Å²) in [6.07, 6.45) is 4.48. The number of benzene rings is 2. The lowest BCUT2D eigenvalue weighted by molar-refractivity contribution is 0.0940. The third-order valence-corrected chi connectivity index (χ3v) is 4.34. The fourth-order valence-corrected chi connectivity index (χ4v) is 2.82. The Bertz CT molecular complexity index is 876. The van der Waals surface area contributed by atoms with Crippen LogP contribution in [0.5, 0.6) is 5.75 Å². The molecule has 3 aromatic rings. The molecule has 0 saturated carbocycles. The van der Waals surface area contributed by atoms with E-state index in [4.69, 9.17) is 4.74 Å². The van der Waals surface area contributed by atoms with Crippen molar-refractivity contribution in [2.24, 2.45) is 0 Å². The van der Waals surface area contributed by atoms with Crippen LogP contribution in [0.25, 0.3) is 11.1 Å². The molecule has 0 bridgehead atoms. The molecule has 0 aliphatic heterocycles. The van der Waals surface area contributed by atoms with Gasteiger partial charge in [0.15, 0.2) is 0 Å². The van der Waals surface area contributed by atoms with Gasteiger partial charge in [0, 0.05) is 18.0 Å². The summed E-state index contributed by atoms with van der Waals surface area (Å²) in [6, 6.07) is 19.2. The van der Waals surface area contributed by atoms with Crippen LogP contribution in [0.4, 0.5) is 0 Å². The topological polar surface area (TPSA) is 51.2 Å². The number of aromatic nitrogens is 1. The van der Waals surface area contributed by atoms with Crippen molar-refractivity contribution < 1.29 is 9.53 Å². The molecule has 1 heterocycles. The van der Waals surface area contributed by atoms with Crippen LogP contribution in [-0.2, 0) is 0 Å². The van der Waals surface area contributed by atoms with Crippen molar-refractivity contribution in [3.8, 4) is 16.9 Å². The summed E-state index contributed by atoms with van der Waals surface area (Å²) in [5.74, 6) is 0.737. The van der Waals surface area contributed by atoms with Crippen molar-refractivity contribution in [3.63, 3.8) is 0 Å². The number of rotatable bonds is 7. The van der Waals surface area contributed by atoms with E-state index in [-0.39, 0.29) is 11.9 Å². The van der Waals surface area contributed by atoms with Crippen LogP contribution in [0.1, 0.15) is 42.2 Å². The molecule has 0 saturated heterocycles. The quantitative estimate of drug-likeness (QED) is 0.643. The molecule has 27 heavy (non-hydrogen) atoms. The van der Waals surface area contributed by atoms with E-state index in [1.54, 1.807) is 12.4 Å². The van der Waals surface area contributed by atoms with Gasteiger partial charge in [0.05, 0.1) is 12.6 Å². The summed E-state index contributed by atoms with van der Waals surface area (Å²) in [7, 11) is 0. The molecule has 3 rings (SSSR count). The maximum atomic E-state index is 12.6. The highest BCUT2D eigenvalue weighted by Gasteiger charge is 2.12. The molecular weight excluding hydrogens is 336 g/mol. The molecule has 0 fully saturated rings. The predicted octanol–water partition coefficient (Wildman–Crippen LogP) is 5.03. The van der Waals surface area contributed by atoms with Gasteiger partial charge in [-0.05, 0) is 66.4 Å². The largest absolute Gasteiger partial charge is 0.494 e. The van der Waals surface area contributed by atoms with Gasteiger partial charge in [-0.2, -0.15) is 0 Å². The van der Waals surface area contributed by atoms with Gasteiger partial charge in [0.25, 0.3) is 5.91 Å². The average Bonchev–Trinajstić information content (AvgIpc) is 2.73. The molecule has 0 radical (unpaired) electrons. The Labute approximate surface area is 160 Å². The highest BCUT2D eigenvalue weighted by molar-refractivity contribution is 5.94. The van der Waals surface area contributed by atoms with E-state index < -0.39 is 0 Å². The molecule has 0 aliphatic carbocycles. The Morgan fingerprint density at radius 2 is 1.74 bits per heavy atom. The van der Waals surface area contributed by atoms with Gasteiger partial charge in [-0.25, -0.2) is 0 Å². The van der Waals surface area contributed by atoms with Crippen LogP contribution < -0.4 is 10.1 Å². The van der Waals surface area contributed by atoms with Gasteiger partial charge >= 0.3 is 0 Å². The minimum absolute atomic E-state index is 0.0938. The minimum Gasteiger partial charge on any atom is -0.494 e. The molecular formula is C23H24N2O2. The second kappa shape index (κ2) is 8.99. The van der Waals surface area contributed by atoms with E-state index >= 15 is 0 Å². The molecule has 0 unspecified atom stereocenters. The van der Waals surface area contributed by atoms with Gasteiger partial charge in [0.2, 0.25) is 0 Å². The number of nitrogens with zero attached hydrogens (tertiary/aromatic N) is 1. The van der Waals surface area contributed by atoms with Crippen molar-refractivity contribution in [1.29, 1.82) is 0 Å². The first-order valence-corrected chi connectivity index (χ1v) is 9.21. The highest BCUT2D eigenvalue weighted by atomic mass is 16.5. The first-order chi connectivity index (χ1) is 13.2. The molecule has 2 aromatic carbocycles. The lowest BCUT2D eigenvalue weighted by Gasteiger charge is -2.16. The van der Waals surface area contributed by atoms with Gasteiger partial charge in [-0.15, -0.1) is 0 Å². The van der Waals surface area contributed by atoms with E-state index in [9.17, 15) is 4.79 Å². The van der Waals surface area contributed by atoms with E-state index in [0.29, 0.717) is 12.2 Å². The standard InChI is InChI=1S/C23H24N2O2/c1-3-15-27-22-6-4-5-21(16-22)17(2)25-23(26)20-9-7-18(8-10-20)19-11-13-24-14-12-19/h4-14,16-17H,3,15H2,1-2H3,(H,25,26)/t17-/m1/s1. The van der Waals surface area contributed by atoms with Crippen molar-refractivity contribution in [2.75, 3.05) is 6.61 Å². The molecule has 1 amide bonds. The van der Waals surface area contributed by atoms with E-state index in [0.717, 1.165) is 28.9 Å². The predicted molar refractivity (Wildman–Crippen MR) is 108 cm³/mol. The fourth-order valence-electron chi connectivity index (χ4n) is 2.82. The number of nitrogens with one attached hydrogen (secondary N) is 1. The summed E-state index contributed by atoms with van der Waals surface area (Å²) in [4.78, 5) is 16.6. The smallest absolute Gasteiger partial charge is 0.251 e. The van der Waals surface area contributed by atoms with Gasteiger partial charge in [-0.1, -0.05) is 31.2 Å². The maximum Gasteiger partial charge on any atom is 0.251 e. The van der Waals surface area contributed by atoms with E-state index in [2.05, 4.69) is 17.2 Å². The molecule has 1 N–H and O–H groups in total. The Kier molecular flexibility index (Phi) is 6.21. The summed E-state index contributed by atoms with van der Waals surface area (Å²) >= 11 is 0. The number of ether oxygens (including phenoxy) is 1. The maximum absolute atomic E-state index is 12.6. The number of pyridine rings is 1. The molecule has 1 atom stereocenters. The van der Waals surface area contributed by atoms with Crippen LogP contribution in [-0.4, -0.2) is 17.5 Å². The highest BCUT2D eigenvalue weighted by Crippen LogP contribution is 2.21. The minimum atomic E-state index is -0.109. The molecule has 1 aromatic heterocycles. The van der Waals surface area contributed by atoms with Crippen LogP contribution in [0.2, 0.25) is 0 Å². The zero-order valence-corrected chi connectivity index (χ0v) is 15.7. The monoisotopic (exact) mass is 360 g/mol. The molecule has 4 heteroatoms. The second-order valence-electron chi connectivity index (χ2n) is 6.43. The van der Waals surface area contributed by atoms with Crippen molar-refractivity contribution in [2.45, 2.75) is 26.3 Å². The first kappa shape index (κ1) is 18.6. The van der Waals surface area contributed by atoms with Crippen LogP contribution >= 0.6 is 0 Å². The summed E-state index contributed by atoms with van der Waals surface area (Å²) in [5.41, 5.74) is 3.79. The zero-order valence-electron chi connectivity index (χ0n) is 15.7. The van der Waals surface area contributed by atoms with E-state index in [1.165, 1.54) is 0 Å². The summed E-state index contributed by atoms with van der Waals surface area (Å²) in [6.45, 7) is 4.74. The second-order valence-corrected chi connectivity index (χ2v) is 6.43. The van der Waals surface area contributed by atoms with Crippen LogP contribution in [0, 0.1) is 0 Å². The average molecular weight is 360 g/mol. The van der Waals surface area contributed by atoms with Crippen molar-refractivity contribution in [3.05, 3.63) is 84.2 Å². The summed E-state index contributed by atoms with van der Waals surface area (Å²) < 4.78 is 5.67. The zero-order chi connectivity index (χ0) is 19.1. The SMILES string of the molecule is CCCOc1cccc([C@@H](C)NC(=O)c2ccc(-c3ccncc3)cc2)c1. The van der Waals surface area contributed by atoms with Gasteiger partial charge in [0.1, 0.15) is 5.75 Å². The number of carbonyl (C=O) groups excluding carboxylic acids is 1. The number of amides is 1. The van der Waals surface area contributed by atoms with Crippen LogP contribution in [0.3, 0.4) is 0 Å². The summed E-state index contributed by atoms with van der Waals surface area (Å²) in [5, 5.41) is 3.05. The third kappa shape index (κ3) is 4.94. The molecule has 0 aliphatic rings. The molecule has 138 valence electrons. The van der Waals surface area contributed by atoms with Crippen molar-refractivity contribution in [1.82, 2.24) is 10.3 Å². The molecule has 4 nitrogen and oxygen atoms in total. The third-order valence-electron chi connectivity index (χ3n) is 4.34. The lowest BCUT2D eigenvalue weighted by Crippen LogP contribution is -2.26. The normalized spacial score (nSPS) is 11.6. The Hall–Kier alpha value is -3.14. The van der Waals surface area contributed by atoms with Crippen LogP contribution in [0.15, 0.2) is 73.1 Å². The number of carbonyl (C=O) groups is 1. The molecule has 0 spiro atoms. The van der Waals surface area contributed by atoms with Gasteiger partial charge in [-0.3, -0.25) is 9.78 Å². The number of hydrogen-bond donors (Lipinski definition) is 1. The Morgan fingerprint density at radius 1 is 1.04 bits per heavy atom. The lowest BCUT2D eigenvalue weighted by atomic mass is 10.0. The number of hydrogen-bond acceptors (Lipinski definition) is 3. The van der Waals surface area contributed by atoms with E-state index in [1.807, 2.05) is 67.6 Å². The van der Waals surface area contributed by atoms with Crippen molar-refractivity contribution >= 4 is 5.91 Å². The Morgan fingerprint density at radius 3 is 2.44 bits per heavy atom. The fraction of sp³-hybridized carbons (Fsp3) is 0.217. The van der Waals surface area contributed by atoms with Gasteiger partial charge < -0.3 is 10.1 Å². The Balaban J connectivity index is 1.66. The first-order valence-electron chi connectivity index (χ1n) is 9.21.